The van der Waals surface area contributed by atoms with Gasteiger partial charge in [-0.25, -0.2) is 0 Å². The van der Waals surface area contributed by atoms with Gasteiger partial charge in [0.05, 0.1) is 12.5 Å². The maximum atomic E-state index is 11.0. The highest BCUT2D eigenvalue weighted by molar-refractivity contribution is 5.97. The molecule has 1 aliphatic rings. The second kappa shape index (κ2) is 3.32. The number of hydrogen-bond acceptors (Lipinski definition) is 3. The molecule has 3 nitrogen and oxygen atoms in total. The van der Waals surface area contributed by atoms with Crippen LogP contribution in [0.4, 0.5) is 0 Å². The van der Waals surface area contributed by atoms with Crippen LogP contribution in [-0.2, 0) is 14.3 Å². The molecule has 0 aromatic carbocycles. The number of allylic oxidation sites excluding steroid dienone is 1. The van der Waals surface area contributed by atoms with Crippen LogP contribution in [0.3, 0.4) is 0 Å². The van der Waals surface area contributed by atoms with Crippen LogP contribution in [0.25, 0.3) is 0 Å². The lowest BCUT2D eigenvalue weighted by molar-refractivity contribution is -0.147. The third kappa shape index (κ3) is 1.90. The summed E-state index contributed by atoms with van der Waals surface area (Å²) in [5, 5.41) is 0. The van der Waals surface area contributed by atoms with E-state index in [0.29, 0.717) is 6.61 Å². The number of ketones is 1. The summed E-state index contributed by atoms with van der Waals surface area (Å²) in [5.41, 5.74) is 0. The molecule has 0 aromatic heterocycles. The van der Waals surface area contributed by atoms with Crippen molar-refractivity contribution in [1.29, 1.82) is 0 Å². The van der Waals surface area contributed by atoms with Crippen molar-refractivity contribution in [3.8, 4) is 0 Å². The zero-order valence-corrected chi connectivity index (χ0v) is 6.37. The summed E-state index contributed by atoms with van der Waals surface area (Å²) in [6.45, 7) is 2.12. The monoisotopic (exact) mass is 154 g/mol. The Morgan fingerprint density at radius 1 is 1.82 bits per heavy atom. The molecule has 11 heavy (non-hydrogen) atoms. The number of hydrogen-bond donors (Lipinski definition) is 0. The molecule has 0 radical (unpaired) electrons. The van der Waals surface area contributed by atoms with Crippen molar-refractivity contribution in [1.82, 2.24) is 0 Å². The summed E-state index contributed by atoms with van der Waals surface area (Å²) < 4.78 is 4.73. The van der Waals surface area contributed by atoms with Gasteiger partial charge in [-0.05, 0) is 13.0 Å². The molecular weight excluding hydrogens is 144 g/mol. The molecule has 0 N–H and O–H groups in total. The van der Waals surface area contributed by atoms with Crippen LogP contribution >= 0.6 is 0 Å². The van der Waals surface area contributed by atoms with E-state index in [0.717, 1.165) is 0 Å². The number of esters is 1. The largest absolute Gasteiger partial charge is 0.466 e. The molecule has 0 amide bonds. The van der Waals surface area contributed by atoms with Crippen LogP contribution < -0.4 is 0 Å². The van der Waals surface area contributed by atoms with Gasteiger partial charge in [0.1, 0.15) is 0 Å². The van der Waals surface area contributed by atoms with Crippen molar-refractivity contribution in [2.24, 2.45) is 5.92 Å². The molecule has 1 atom stereocenters. The van der Waals surface area contributed by atoms with E-state index in [1.165, 1.54) is 6.08 Å². The topological polar surface area (TPSA) is 43.4 Å². The molecule has 1 rings (SSSR count). The van der Waals surface area contributed by atoms with Gasteiger partial charge in [0.25, 0.3) is 0 Å². The van der Waals surface area contributed by atoms with Crippen molar-refractivity contribution in [2.75, 3.05) is 6.61 Å². The normalized spacial score (nSPS) is 22.3. The first-order chi connectivity index (χ1) is 5.24. The molecular formula is C8H10O3. The molecule has 0 heterocycles. The van der Waals surface area contributed by atoms with Crippen LogP contribution in [0, 0.1) is 5.92 Å². The van der Waals surface area contributed by atoms with Crippen molar-refractivity contribution >= 4 is 11.8 Å². The molecule has 0 aromatic rings. The van der Waals surface area contributed by atoms with Gasteiger partial charge in [0, 0.05) is 6.42 Å². The van der Waals surface area contributed by atoms with Gasteiger partial charge in [-0.15, -0.1) is 0 Å². The van der Waals surface area contributed by atoms with Crippen LogP contribution in [-0.4, -0.2) is 18.4 Å². The van der Waals surface area contributed by atoms with E-state index in [2.05, 4.69) is 0 Å². The summed E-state index contributed by atoms with van der Waals surface area (Å²) >= 11 is 0. The van der Waals surface area contributed by atoms with E-state index in [-0.39, 0.29) is 24.1 Å². The van der Waals surface area contributed by atoms with Gasteiger partial charge >= 0.3 is 5.97 Å². The summed E-state index contributed by atoms with van der Waals surface area (Å²) in [5.74, 6) is -0.625. The van der Waals surface area contributed by atoms with E-state index in [1.54, 1.807) is 13.0 Å². The Morgan fingerprint density at radius 3 is 3.00 bits per heavy atom. The van der Waals surface area contributed by atoms with Crippen LogP contribution in [0.15, 0.2) is 12.2 Å². The second-order valence-electron chi connectivity index (χ2n) is 2.39. The Kier molecular flexibility index (Phi) is 2.41. The van der Waals surface area contributed by atoms with Gasteiger partial charge in [0.15, 0.2) is 5.78 Å². The first kappa shape index (κ1) is 7.98. The zero-order chi connectivity index (χ0) is 8.27. The van der Waals surface area contributed by atoms with Gasteiger partial charge in [-0.1, -0.05) is 6.08 Å². The van der Waals surface area contributed by atoms with E-state index in [1.807, 2.05) is 0 Å². The Morgan fingerprint density at radius 2 is 2.55 bits per heavy atom. The highest BCUT2D eigenvalue weighted by Crippen LogP contribution is 2.15. The van der Waals surface area contributed by atoms with Crippen LogP contribution in [0.5, 0.6) is 0 Å². The fraction of sp³-hybridized carbons (Fsp3) is 0.500. The minimum Gasteiger partial charge on any atom is -0.466 e. The fourth-order valence-electron chi connectivity index (χ4n) is 0.988. The lowest BCUT2D eigenvalue weighted by Gasteiger charge is -2.04. The van der Waals surface area contributed by atoms with Crippen molar-refractivity contribution < 1.29 is 14.3 Å². The predicted molar refractivity (Wildman–Crippen MR) is 38.9 cm³/mol. The average molecular weight is 154 g/mol. The Hall–Kier alpha value is -1.12. The standard InChI is InChI=1S/C8H10O3/c1-2-11-8(10)6-3-4-7(9)5-6/h3-4,6H,2,5H2,1H3. The summed E-state index contributed by atoms with van der Waals surface area (Å²) in [7, 11) is 0. The zero-order valence-electron chi connectivity index (χ0n) is 6.37. The van der Waals surface area contributed by atoms with E-state index < -0.39 is 0 Å². The van der Waals surface area contributed by atoms with Crippen LogP contribution in [0.1, 0.15) is 13.3 Å². The number of carbonyl (C=O) groups is 2. The highest BCUT2D eigenvalue weighted by atomic mass is 16.5. The van der Waals surface area contributed by atoms with E-state index in [4.69, 9.17) is 4.74 Å². The molecule has 0 saturated carbocycles. The average Bonchev–Trinajstić information content (AvgIpc) is 2.36. The summed E-state index contributed by atoms with van der Waals surface area (Å²) in [6.07, 6.45) is 3.31. The third-order valence-corrected chi connectivity index (χ3v) is 1.52. The van der Waals surface area contributed by atoms with Crippen molar-refractivity contribution in [3.63, 3.8) is 0 Å². The molecule has 0 spiro atoms. The second-order valence-corrected chi connectivity index (χ2v) is 2.39. The molecule has 0 aliphatic heterocycles. The molecule has 60 valence electrons. The van der Waals surface area contributed by atoms with E-state index in [9.17, 15) is 9.59 Å². The maximum Gasteiger partial charge on any atom is 0.313 e. The van der Waals surface area contributed by atoms with Crippen LogP contribution in [0.2, 0.25) is 0 Å². The Bertz CT molecular complexity index is 205. The van der Waals surface area contributed by atoms with Gasteiger partial charge < -0.3 is 4.74 Å². The smallest absolute Gasteiger partial charge is 0.313 e. The first-order valence-corrected chi connectivity index (χ1v) is 3.61. The summed E-state index contributed by atoms with van der Waals surface area (Å²) in [4.78, 5) is 21.6. The van der Waals surface area contributed by atoms with E-state index >= 15 is 0 Å². The minimum atomic E-state index is -0.331. The molecule has 1 aliphatic carbocycles. The Labute approximate surface area is 65.0 Å². The lowest BCUT2D eigenvalue weighted by Crippen LogP contribution is -2.14. The lowest BCUT2D eigenvalue weighted by atomic mass is 10.1. The summed E-state index contributed by atoms with van der Waals surface area (Å²) in [6, 6.07) is 0. The highest BCUT2D eigenvalue weighted by Gasteiger charge is 2.23. The quantitative estimate of drug-likeness (QED) is 0.550. The molecule has 3 heteroatoms. The number of carbonyl (C=O) groups excluding carboxylic acids is 2. The first-order valence-electron chi connectivity index (χ1n) is 3.61. The number of rotatable bonds is 2. The molecule has 0 bridgehead atoms. The number of ether oxygens (including phenoxy) is 1. The minimum absolute atomic E-state index is 0.00283. The van der Waals surface area contributed by atoms with Gasteiger partial charge in [-0.3, -0.25) is 9.59 Å². The third-order valence-electron chi connectivity index (χ3n) is 1.52. The fourth-order valence-corrected chi connectivity index (χ4v) is 0.988. The molecule has 0 fully saturated rings. The van der Waals surface area contributed by atoms with Gasteiger partial charge in [-0.2, -0.15) is 0 Å². The Balaban J connectivity index is 2.44. The predicted octanol–water partition coefficient (Wildman–Crippen LogP) is 0.695. The van der Waals surface area contributed by atoms with Crippen molar-refractivity contribution in [3.05, 3.63) is 12.2 Å². The molecule has 1 unspecified atom stereocenters. The molecule has 0 saturated heterocycles. The van der Waals surface area contributed by atoms with Crippen molar-refractivity contribution in [2.45, 2.75) is 13.3 Å². The maximum absolute atomic E-state index is 11.0. The SMILES string of the molecule is CCOC(=O)C1C=CC(=O)C1. The van der Waals surface area contributed by atoms with Gasteiger partial charge in [0.2, 0.25) is 0 Å².